The second-order valence-corrected chi connectivity index (χ2v) is 6.05. The summed E-state index contributed by atoms with van der Waals surface area (Å²) in [5, 5.41) is 3.47. The van der Waals surface area contributed by atoms with Crippen molar-refractivity contribution in [2.45, 2.75) is 32.4 Å². The van der Waals surface area contributed by atoms with Crippen LogP contribution in [0.4, 0.5) is 0 Å². The number of hydrogen-bond acceptors (Lipinski definition) is 4. The number of pyridine rings is 1. The molecule has 3 rings (SSSR count). The number of nitrogens with one attached hydrogen (secondary N) is 1. The lowest BCUT2D eigenvalue weighted by Gasteiger charge is -2.04. The van der Waals surface area contributed by atoms with Crippen LogP contribution >= 0.6 is 11.3 Å². The quantitative estimate of drug-likeness (QED) is 0.910. The molecule has 2 heterocycles. The topological polar surface area (TPSA) is 34.1 Å². The molecule has 0 aromatic carbocycles. The van der Waals surface area contributed by atoms with Crippen LogP contribution in [-0.2, 0) is 25.9 Å². The molecular formula is C15H18N2OS. The summed E-state index contributed by atoms with van der Waals surface area (Å²) in [4.78, 5) is 7.25. The summed E-state index contributed by atoms with van der Waals surface area (Å²) in [5.74, 6) is 0.665. The molecule has 0 fully saturated rings. The summed E-state index contributed by atoms with van der Waals surface area (Å²) in [6.45, 7) is 1.79. The number of aromatic nitrogens is 1. The second-order valence-electron chi connectivity index (χ2n) is 4.83. The Bertz CT molecular complexity index is 526. The maximum absolute atomic E-state index is 5.05. The van der Waals surface area contributed by atoms with E-state index in [9.17, 15) is 0 Å². The molecule has 0 radical (unpaired) electrons. The van der Waals surface area contributed by atoms with Gasteiger partial charge in [0.15, 0.2) is 0 Å². The molecule has 3 nitrogen and oxygen atoms in total. The fourth-order valence-electron chi connectivity index (χ4n) is 2.44. The van der Waals surface area contributed by atoms with E-state index < -0.39 is 0 Å². The van der Waals surface area contributed by atoms with Gasteiger partial charge in [0.2, 0.25) is 5.88 Å². The van der Waals surface area contributed by atoms with Crippen molar-refractivity contribution in [3.05, 3.63) is 45.3 Å². The molecule has 1 aliphatic rings. The predicted octanol–water partition coefficient (Wildman–Crippen LogP) is 2.93. The Balaban J connectivity index is 1.51. The monoisotopic (exact) mass is 274 g/mol. The van der Waals surface area contributed by atoms with Crippen LogP contribution in [0.5, 0.6) is 5.88 Å². The molecule has 0 spiro atoms. The lowest BCUT2D eigenvalue weighted by atomic mass is 10.2. The van der Waals surface area contributed by atoms with E-state index in [1.807, 2.05) is 29.7 Å². The molecule has 4 heteroatoms. The third-order valence-corrected chi connectivity index (χ3v) is 4.67. The van der Waals surface area contributed by atoms with Gasteiger partial charge in [-0.25, -0.2) is 4.98 Å². The van der Waals surface area contributed by atoms with Gasteiger partial charge >= 0.3 is 0 Å². The van der Waals surface area contributed by atoms with Gasteiger partial charge in [0.25, 0.3) is 0 Å². The van der Waals surface area contributed by atoms with Gasteiger partial charge in [-0.2, -0.15) is 0 Å². The standard InChI is InChI=1S/C15H18N2OS/c1-18-15-6-5-11(9-17-15)8-16-10-13-7-12-3-2-4-14(12)19-13/h5-7,9,16H,2-4,8,10H2,1H3. The molecule has 100 valence electrons. The maximum atomic E-state index is 5.05. The summed E-state index contributed by atoms with van der Waals surface area (Å²) >= 11 is 1.97. The molecule has 2 aromatic rings. The Kier molecular flexibility index (Phi) is 3.80. The number of ether oxygens (including phenoxy) is 1. The first-order valence-corrected chi connectivity index (χ1v) is 7.47. The molecule has 0 amide bonds. The van der Waals surface area contributed by atoms with Crippen molar-refractivity contribution in [1.29, 1.82) is 0 Å². The van der Waals surface area contributed by atoms with Crippen molar-refractivity contribution in [2.24, 2.45) is 0 Å². The SMILES string of the molecule is COc1ccc(CNCc2cc3c(s2)CCC3)cn1. The van der Waals surface area contributed by atoms with E-state index in [0.29, 0.717) is 5.88 Å². The zero-order valence-corrected chi connectivity index (χ0v) is 11.9. The van der Waals surface area contributed by atoms with Gasteiger partial charge in [-0.3, -0.25) is 0 Å². The number of aryl methyl sites for hydroxylation is 2. The average Bonchev–Trinajstić information content (AvgIpc) is 3.00. The lowest BCUT2D eigenvalue weighted by Crippen LogP contribution is -2.11. The molecule has 0 saturated carbocycles. The Morgan fingerprint density at radius 3 is 3.00 bits per heavy atom. The maximum Gasteiger partial charge on any atom is 0.212 e. The first kappa shape index (κ1) is 12.6. The van der Waals surface area contributed by atoms with Gasteiger partial charge in [0.1, 0.15) is 0 Å². The normalized spacial score (nSPS) is 13.5. The Labute approximate surface area is 117 Å². The highest BCUT2D eigenvalue weighted by Crippen LogP contribution is 2.30. The van der Waals surface area contributed by atoms with Crippen LogP contribution in [-0.4, -0.2) is 12.1 Å². The third-order valence-electron chi connectivity index (χ3n) is 3.43. The van der Waals surface area contributed by atoms with Gasteiger partial charge < -0.3 is 10.1 Å². The van der Waals surface area contributed by atoms with Crippen LogP contribution < -0.4 is 10.1 Å². The molecule has 2 aromatic heterocycles. The van der Waals surface area contributed by atoms with Crippen molar-refractivity contribution in [2.75, 3.05) is 7.11 Å². The van der Waals surface area contributed by atoms with Crippen molar-refractivity contribution in [3.8, 4) is 5.88 Å². The van der Waals surface area contributed by atoms with E-state index in [1.54, 1.807) is 17.6 Å². The van der Waals surface area contributed by atoms with E-state index in [0.717, 1.165) is 13.1 Å². The number of methoxy groups -OCH3 is 1. The van der Waals surface area contributed by atoms with Crippen LogP contribution in [0.15, 0.2) is 24.4 Å². The van der Waals surface area contributed by atoms with Crippen molar-refractivity contribution < 1.29 is 4.74 Å². The predicted molar refractivity (Wildman–Crippen MR) is 77.7 cm³/mol. The highest BCUT2D eigenvalue weighted by atomic mass is 32.1. The number of nitrogens with zero attached hydrogens (tertiary/aromatic N) is 1. The largest absolute Gasteiger partial charge is 0.481 e. The van der Waals surface area contributed by atoms with Crippen LogP contribution in [0.25, 0.3) is 0 Å². The first-order valence-electron chi connectivity index (χ1n) is 6.65. The van der Waals surface area contributed by atoms with Gasteiger partial charge in [-0.15, -0.1) is 11.3 Å². The molecule has 0 bridgehead atoms. The third kappa shape index (κ3) is 2.96. The summed E-state index contributed by atoms with van der Waals surface area (Å²) in [6, 6.07) is 6.32. The van der Waals surface area contributed by atoms with Gasteiger partial charge in [-0.1, -0.05) is 6.07 Å². The highest BCUT2D eigenvalue weighted by Gasteiger charge is 2.14. The number of rotatable bonds is 5. The molecule has 0 saturated heterocycles. The van der Waals surface area contributed by atoms with Gasteiger partial charge in [-0.05, 0) is 36.5 Å². The highest BCUT2D eigenvalue weighted by molar-refractivity contribution is 7.12. The van der Waals surface area contributed by atoms with Crippen LogP contribution in [0.1, 0.15) is 27.3 Å². The minimum atomic E-state index is 0.665. The van der Waals surface area contributed by atoms with Crippen LogP contribution in [0.2, 0.25) is 0 Å². The van der Waals surface area contributed by atoms with Crippen molar-refractivity contribution in [3.63, 3.8) is 0 Å². The fourth-order valence-corrected chi connectivity index (χ4v) is 3.67. The lowest BCUT2D eigenvalue weighted by molar-refractivity contribution is 0.397. The molecule has 1 aliphatic carbocycles. The van der Waals surface area contributed by atoms with Crippen LogP contribution in [0.3, 0.4) is 0 Å². The molecule has 0 atom stereocenters. The zero-order valence-electron chi connectivity index (χ0n) is 11.1. The average molecular weight is 274 g/mol. The van der Waals surface area contributed by atoms with Gasteiger partial charge in [0, 0.05) is 35.1 Å². The molecular weight excluding hydrogens is 256 g/mol. The van der Waals surface area contributed by atoms with E-state index in [1.165, 1.54) is 29.7 Å². The second kappa shape index (κ2) is 5.72. The van der Waals surface area contributed by atoms with Gasteiger partial charge in [0.05, 0.1) is 7.11 Å². The fraction of sp³-hybridized carbons (Fsp3) is 0.400. The smallest absolute Gasteiger partial charge is 0.212 e. The van der Waals surface area contributed by atoms with Crippen molar-refractivity contribution in [1.82, 2.24) is 10.3 Å². The van der Waals surface area contributed by atoms with E-state index in [-0.39, 0.29) is 0 Å². The Morgan fingerprint density at radius 2 is 2.26 bits per heavy atom. The van der Waals surface area contributed by atoms with Crippen LogP contribution in [0, 0.1) is 0 Å². The minimum Gasteiger partial charge on any atom is -0.481 e. The van der Waals surface area contributed by atoms with Crippen molar-refractivity contribution >= 4 is 11.3 Å². The summed E-state index contributed by atoms with van der Waals surface area (Å²) in [7, 11) is 1.64. The summed E-state index contributed by atoms with van der Waals surface area (Å²) in [5.41, 5.74) is 2.76. The number of thiophene rings is 1. The Morgan fingerprint density at radius 1 is 1.32 bits per heavy atom. The number of fused-ring (bicyclic) bond motifs is 1. The van der Waals surface area contributed by atoms with E-state index >= 15 is 0 Å². The zero-order chi connectivity index (χ0) is 13.1. The molecule has 19 heavy (non-hydrogen) atoms. The molecule has 0 unspecified atom stereocenters. The number of hydrogen-bond donors (Lipinski definition) is 1. The molecule has 0 aliphatic heterocycles. The van der Waals surface area contributed by atoms with E-state index in [2.05, 4.69) is 16.4 Å². The summed E-state index contributed by atoms with van der Waals surface area (Å²) in [6.07, 6.45) is 5.75. The van der Waals surface area contributed by atoms with E-state index in [4.69, 9.17) is 4.74 Å². The first-order chi connectivity index (χ1) is 9.35. The molecule has 1 N–H and O–H groups in total. The Hall–Kier alpha value is -1.39. The summed E-state index contributed by atoms with van der Waals surface area (Å²) < 4.78 is 5.05. The minimum absolute atomic E-state index is 0.665.